The fraction of sp³-hybridized carbons (Fsp3) is 0.429. The number of amides is 1. The molecule has 6 nitrogen and oxygen atoms in total. The number of carboxylic acids is 1. The third kappa shape index (κ3) is 4.09. The molecule has 1 fully saturated rings. The van der Waals surface area contributed by atoms with Crippen LogP contribution in [0.1, 0.15) is 6.92 Å². The van der Waals surface area contributed by atoms with Gasteiger partial charge in [0.15, 0.2) is 6.10 Å². The first-order valence-corrected chi connectivity index (χ1v) is 6.88. The van der Waals surface area contributed by atoms with Crippen molar-refractivity contribution in [3.63, 3.8) is 0 Å². The van der Waals surface area contributed by atoms with Gasteiger partial charge in [-0.3, -0.25) is 9.59 Å². The summed E-state index contributed by atoms with van der Waals surface area (Å²) in [5, 5.41) is 12.2. The Morgan fingerprint density at radius 2 is 2.05 bits per heavy atom. The predicted molar refractivity (Wildman–Crippen MR) is 75.4 cm³/mol. The third-order valence-corrected chi connectivity index (χ3v) is 3.47. The number of hydrogen-bond donors (Lipinski definition) is 2. The number of halogens is 1. The van der Waals surface area contributed by atoms with Gasteiger partial charge in [-0.15, -0.1) is 0 Å². The van der Waals surface area contributed by atoms with Crippen LogP contribution in [0.4, 0.5) is 0 Å². The van der Waals surface area contributed by atoms with E-state index in [-0.39, 0.29) is 19.1 Å². The summed E-state index contributed by atoms with van der Waals surface area (Å²) in [6.45, 7) is 1.89. The van der Waals surface area contributed by atoms with Gasteiger partial charge in [-0.2, -0.15) is 0 Å². The van der Waals surface area contributed by atoms with Crippen LogP contribution < -0.4 is 10.1 Å². The molecule has 0 radical (unpaired) electrons. The molecule has 114 valence electrons. The minimum atomic E-state index is -0.982. The summed E-state index contributed by atoms with van der Waals surface area (Å²) in [7, 11) is 0. The van der Waals surface area contributed by atoms with E-state index in [0.29, 0.717) is 10.8 Å². The minimum Gasteiger partial charge on any atom is -0.481 e. The maximum atomic E-state index is 12.0. The van der Waals surface area contributed by atoms with Gasteiger partial charge in [0.25, 0.3) is 5.91 Å². The van der Waals surface area contributed by atoms with Crippen LogP contribution in [0.5, 0.6) is 5.75 Å². The Balaban J connectivity index is 1.90. The number of nitrogens with one attached hydrogen (secondary N) is 1. The predicted octanol–water partition coefficient (Wildman–Crippen LogP) is 1.32. The Labute approximate surface area is 127 Å². The lowest BCUT2D eigenvalue weighted by Gasteiger charge is -2.19. The van der Waals surface area contributed by atoms with Crippen LogP contribution in [-0.2, 0) is 14.3 Å². The highest BCUT2D eigenvalue weighted by Gasteiger charge is 2.35. The van der Waals surface area contributed by atoms with Crippen molar-refractivity contribution in [1.82, 2.24) is 5.32 Å². The van der Waals surface area contributed by atoms with Gasteiger partial charge in [0.1, 0.15) is 11.7 Å². The highest BCUT2D eigenvalue weighted by Crippen LogP contribution is 2.18. The van der Waals surface area contributed by atoms with Crippen molar-refractivity contribution in [2.24, 2.45) is 5.92 Å². The monoisotopic (exact) mass is 313 g/mol. The first-order chi connectivity index (χ1) is 9.97. The van der Waals surface area contributed by atoms with Crippen molar-refractivity contribution in [2.75, 3.05) is 13.2 Å². The summed E-state index contributed by atoms with van der Waals surface area (Å²) in [6, 6.07) is 6.10. The molecule has 1 amide bonds. The number of carbonyl (C=O) groups excluding carboxylic acids is 1. The van der Waals surface area contributed by atoms with Crippen LogP contribution in [-0.4, -0.2) is 42.3 Å². The number of aliphatic carboxylic acids is 1. The molecular formula is C14H16ClNO5. The summed E-state index contributed by atoms with van der Waals surface area (Å²) in [5.41, 5.74) is 0. The molecule has 1 saturated heterocycles. The smallest absolute Gasteiger partial charge is 0.311 e. The molecule has 0 spiro atoms. The second-order valence-electron chi connectivity index (χ2n) is 4.81. The normalized spacial score (nSPS) is 22.6. The van der Waals surface area contributed by atoms with Crippen molar-refractivity contribution in [1.29, 1.82) is 0 Å². The van der Waals surface area contributed by atoms with Gasteiger partial charge in [-0.1, -0.05) is 11.6 Å². The van der Waals surface area contributed by atoms with E-state index in [0.717, 1.165) is 0 Å². The Kier molecular flexibility index (Phi) is 5.03. The molecule has 3 atom stereocenters. The maximum absolute atomic E-state index is 12.0. The molecule has 1 aliphatic rings. The average Bonchev–Trinajstić information content (AvgIpc) is 2.89. The fourth-order valence-corrected chi connectivity index (χ4v) is 2.14. The molecule has 1 aromatic rings. The number of rotatable bonds is 5. The van der Waals surface area contributed by atoms with E-state index in [1.54, 1.807) is 31.2 Å². The van der Waals surface area contributed by atoms with Crippen LogP contribution in [0.3, 0.4) is 0 Å². The Morgan fingerprint density at radius 1 is 1.38 bits per heavy atom. The summed E-state index contributed by atoms with van der Waals surface area (Å²) in [4.78, 5) is 23.0. The van der Waals surface area contributed by atoms with Gasteiger partial charge >= 0.3 is 5.97 Å². The van der Waals surface area contributed by atoms with Gasteiger partial charge in [0.05, 0.1) is 19.3 Å². The zero-order valence-corrected chi connectivity index (χ0v) is 12.2. The lowest BCUT2D eigenvalue weighted by Crippen LogP contribution is -2.47. The van der Waals surface area contributed by atoms with E-state index in [4.69, 9.17) is 26.2 Å². The van der Waals surface area contributed by atoms with Crippen LogP contribution in [0.2, 0.25) is 5.02 Å². The first kappa shape index (κ1) is 15.6. The van der Waals surface area contributed by atoms with Crippen LogP contribution in [0.15, 0.2) is 24.3 Å². The van der Waals surface area contributed by atoms with E-state index < -0.39 is 24.0 Å². The fourth-order valence-electron chi connectivity index (χ4n) is 2.01. The zero-order chi connectivity index (χ0) is 15.4. The number of carbonyl (C=O) groups is 2. The standard InChI is InChI=1S/C14H16ClNO5/c1-8(21-10-4-2-9(15)3-5-10)13(17)16-12-7-20-6-11(12)14(18)19/h2-5,8,11-12H,6-7H2,1H3,(H,16,17)(H,18,19). The molecule has 0 bridgehead atoms. The van der Waals surface area contributed by atoms with Crippen LogP contribution in [0, 0.1) is 5.92 Å². The van der Waals surface area contributed by atoms with E-state index >= 15 is 0 Å². The van der Waals surface area contributed by atoms with Crippen molar-refractivity contribution < 1.29 is 24.2 Å². The zero-order valence-electron chi connectivity index (χ0n) is 11.4. The topological polar surface area (TPSA) is 84.9 Å². The highest BCUT2D eigenvalue weighted by atomic mass is 35.5. The van der Waals surface area contributed by atoms with E-state index in [1.165, 1.54) is 0 Å². The number of benzene rings is 1. The molecule has 0 aliphatic carbocycles. The SMILES string of the molecule is CC(Oc1ccc(Cl)cc1)C(=O)NC1COCC1C(=O)O. The molecule has 0 aromatic heterocycles. The number of ether oxygens (including phenoxy) is 2. The largest absolute Gasteiger partial charge is 0.481 e. The maximum Gasteiger partial charge on any atom is 0.311 e. The van der Waals surface area contributed by atoms with Crippen LogP contribution >= 0.6 is 11.6 Å². The van der Waals surface area contributed by atoms with Gasteiger partial charge in [0.2, 0.25) is 0 Å². The van der Waals surface area contributed by atoms with E-state index in [9.17, 15) is 9.59 Å². The Bertz CT molecular complexity index is 519. The van der Waals surface area contributed by atoms with Crippen molar-refractivity contribution in [2.45, 2.75) is 19.1 Å². The van der Waals surface area contributed by atoms with Crippen molar-refractivity contribution in [3.05, 3.63) is 29.3 Å². The Hall–Kier alpha value is -1.79. The first-order valence-electron chi connectivity index (χ1n) is 6.50. The molecule has 0 saturated carbocycles. The molecule has 21 heavy (non-hydrogen) atoms. The second-order valence-corrected chi connectivity index (χ2v) is 5.25. The molecule has 2 rings (SSSR count). The third-order valence-electron chi connectivity index (χ3n) is 3.22. The summed E-state index contributed by atoms with van der Waals surface area (Å²) in [5.74, 6) is -1.58. The van der Waals surface area contributed by atoms with E-state index in [1.807, 2.05) is 0 Å². The van der Waals surface area contributed by atoms with Crippen LogP contribution in [0.25, 0.3) is 0 Å². The summed E-state index contributed by atoms with van der Waals surface area (Å²) in [6.07, 6.45) is -0.749. The molecule has 3 unspecified atom stereocenters. The number of hydrogen-bond acceptors (Lipinski definition) is 4. The lowest BCUT2D eigenvalue weighted by molar-refractivity contribution is -0.142. The van der Waals surface area contributed by atoms with E-state index in [2.05, 4.69) is 5.32 Å². The molecule has 1 heterocycles. The summed E-state index contributed by atoms with van der Waals surface area (Å²) >= 11 is 5.77. The summed E-state index contributed by atoms with van der Waals surface area (Å²) < 4.78 is 10.6. The molecule has 1 aromatic carbocycles. The second kappa shape index (κ2) is 6.78. The van der Waals surface area contributed by atoms with Gasteiger partial charge < -0.3 is 19.9 Å². The molecule has 7 heteroatoms. The number of carboxylic acid groups (broad SMARTS) is 1. The van der Waals surface area contributed by atoms with Crippen molar-refractivity contribution >= 4 is 23.5 Å². The molecule has 2 N–H and O–H groups in total. The van der Waals surface area contributed by atoms with Gasteiger partial charge in [0, 0.05) is 5.02 Å². The Morgan fingerprint density at radius 3 is 2.67 bits per heavy atom. The van der Waals surface area contributed by atoms with Gasteiger partial charge in [-0.05, 0) is 31.2 Å². The molecule has 1 aliphatic heterocycles. The average molecular weight is 314 g/mol. The quantitative estimate of drug-likeness (QED) is 0.856. The van der Waals surface area contributed by atoms with Crippen molar-refractivity contribution in [3.8, 4) is 5.75 Å². The highest BCUT2D eigenvalue weighted by molar-refractivity contribution is 6.30. The minimum absolute atomic E-state index is 0.104. The lowest BCUT2D eigenvalue weighted by atomic mass is 10.0. The molecular weight excluding hydrogens is 298 g/mol. The van der Waals surface area contributed by atoms with Gasteiger partial charge in [-0.25, -0.2) is 0 Å².